The lowest BCUT2D eigenvalue weighted by atomic mass is 9.85. The van der Waals surface area contributed by atoms with Crippen molar-refractivity contribution in [3.05, 3.63) is 57.8 Å². The van der Waals surface area contributed by atoms with Crippen molar-refractivity contribution in [1.29, 1.82) is 0 Å². The third kappa shape index (κ3) is 16.5. The number of fused-ring (bicyclic) bond motifs is 3. The lowest BCUT2D eigenvalue weighted by molar-refractivity contribution is -0.144. The first-order valence-corrected chi connectivity index (χ1v) is 29.6. The minimum Gasteiger partial charge on any atom is -0.474 e. The normalized spacial score (nSPS) is 21.4. The molecule has 2 aliphatic heterocycles. The minimum absolute atomic E-state index is 0.000679. The van der Waals surface area contributed by atoms with Gasteiger partial charge in [-0.1, -0.05) is 45.0 Å². The molecule has 22 nitrogen and oxygen atoms in total. The summed E-state index contributed by atoms with van der Waals surface area (Å²) >= 11 is 3.20. The molecule has 8 rings (SSSR count). The molecule has 3 fully saturated rings. The lowest BCUT2D eigenvalue weighted by Crippen LogP contribution is -2.58. The van der Waals surface area contributed by atoms with Gasteiger partial charge >= 0.3 is 0 Å². The molecule has 5 amide bonds. The molecule has 5 heterocycles. The van der Waals surface area contributed by atoms with Crippen LogP contribution in [0.2, 0.25) is 0 Å². The fraction of sp³-hybridized carbons (Fsp3) is 0.643. The molecule has 4 aromatic rings. The summed E-state index contributed by atoms with van der Waals surface area (Å²) in [6.07, 6.45) is 5.35. The number of hydrogen-bond acceptors (Lipinski definition) is 19. The Balaban J connectivity index is 0.618. The molecule has 438 valence electrons. The van der Waals surface area contributed by atoms with Crippen molar-refractivity contribution in [2.75, 3.05) is 98.8 Å². The van der Waals surface area contributed by atoms with Crippen LogP contribution in [0.3, 0.4) is 0 Å². The monoisotopic (exact) mass is 1150 g/mol. The van der Waals surface area contributed by atoms with Gasteiger partial charge in [-0.25, -0.2) is 15.0 Å². The van der Waals surface area contributed by atoms with Gasteiger partial charge in [0.05, 0.1) is 80.4 Å². The number of hydrogen-bond donors (Lipinski definition) is 5. The molecule has 0 radical (unpaired) electrons. The third-order valence-electron chi connectivity index (χ3n) is 15.3. The molecule has 80 heavy (non-hydrogen) atoms. The highest BCUT2D eigenvalue weighted by Gasteiger charge is 2.45. The number of rotatable bonds is 28. The van der Waals surface area contributed by atoms with Crippen molar-refractivity contribution in [3.63, 3.8) is 0 Å². The number of aryl methyl sites for hydroxylation is 2. The zero-order valence-electron chi connectivity index (χ0n) is 46.4. The summed E-state index contributed by atoms with van der Waals surface area (Å²) in [7, 11) is 0. The van der Waals surface area contributed by atoms with Crippen LogP contribution in [-0.2, 0) is 60.6 Å². The first-order valence-electron chi connectivity index (χ1n) is 27.9. The van der Waals surface area contributed by atoms with Crippen LogP contribution < -0.4 is 21.1 Å². The summed E-state index contributed by atoms with van der Waals surface area (Å²) in [5.74, 6) is -1.48. The predicted molar refractivity (Wildman–Crippen MR) is 299 cm³/mol. The minimum atomic E-state index is -1.19. The summed E-state index contributed by atoms with van der Waals surface area (Å²) in [6.45, 7) is 12.6. The number of aliphatic hydroxyl groups is 2. The molecule has 1 aromatic carbocycles. The Morgan fingerprint density at radius 3 is 2.11 bits per heavy atom. The number of amides is 5. The number of aliphatic hydroxyl groups excluding tert-OH is 2. The van der Waals surface area contributed by atoms with Gasteiger partial charge in [-0.15, -0.1) is 22.7 Å². The number of primary amides is 1. The number of carbonyl (C=O) groups excluding carboxylic acids is 5. The van der Waals surface area contributed by atoms with Crippen LogP contribution >= 0.6 is 22.7 Å². The first-order chi connectivity index (χ1) is 38.5. The molecular formula is C56H79N9O13S2. The van der Waals surface area contributed by atoms with E-state index < -0.39 is 47.4 Å². The number of thiazole rings is 1. The SMILES string of the molecule is Cc1ncsc1-c1ccc(CNC(=O)[C@@H]2C[C@@H](O)CN2C(=O)[C@@H](NC(=O)COCCOCCOCCOCCOCC(=O)N2CCN(C3CCC(Oc4ncnc5sc6c(c45)[C@@H](C[C@H](O)C(N)=O)CC6)CC3)CC2)C(C)(C)C)cc1. The number of ether oxygens (including phenoxy) is 6. The van der Waals surface area contributed by atoms with Crippen LogP contribution in [0.4, 0.5) is 0 Å². The van der Waals surface area contributed by atoms with Crippen molar-refractivity contribution in [3.8, 4) is 16.3 Å². The molecule has 4 aliphatic rings. The van der Waals surface area contributed by atoms with Gasteiger partial charge in [0.25, 0.3) is 0 Å². The molecule has 0 bridgehead atoms. The second kappa shape index (κ2) is 29.1. The second-order valence-electron chi connectivity index (χ2n) is 22.0. The van der Waals surface area contributed by atoms with Gasteiger partial charge in [0.15, 0.2) is 0 Å². The molecule has 1 saturated carbocycles. The number of carbonyl (C=O) groups is 5. The highest BCUT2D eigenvalue weighted by molar-refractivity contribution is 7.19. The van der Waals surface area contributed by atoms with E-state index in [-0.39, 0.29) is 82.8 Å². The van der Waals surface area contributed by atoms with Crippen molar-refractivity contribution in [2.24, 2.45) is 11.1 Å². The van der Waals surface area contributed by atoms with Gasteiger partial charge in [-0.05, 0) is 79.9 Å². The summed E-state index contributed by atoms with van der Waals surface area (Å²) < 4.78 is 34.5. The topological polar surface area (TPSA) is 280 Å². The van der Waals surface area contributed by atoms with Gasteiger partial charge < -0.3 is 64.8 Å². The van der Waals surface area contributed by atoms with Crippen LogP contribution in [0.25, 0.3) is 20.7 Å². The van der Waals surface area contributed by atoms with Gasteiger partial charge in [0, 0.05) is 56.6 Å². The third-order valence-corrected chi connectivity index (χ3v) is 17.4. The molecule has 2 aliphatic carbocycles. The maximum atomic E-state index is 13.9. The number of thiophene rings is 1. The summed E-state index contributed by atoms with van der Waals surface area (Å²) in [5, 5.41) is 27.4. The number of piperazine rings is 1. The molecular weight excluding hydrogens is 1070 g/mol. The van der Waals surface area contributed by atoms with Crippen molar-refractivity contribution in [2.45, 2.75) is 128 Å². The van der Waals surface area contributed by atoms with Gasteiger partial charge in [0.1, 0.15) is 48.7 Å². The Morgan fingerprint density at radius 2 is 1.49 bits per heavy atom. The van der Waals surface area contributed by atoms with Crippen LogP contribution in [0, 0.1) is 12.3 Å². The van der Waals surface area contributed by atoms with E-state index in [1.54, 1.807) is 29.0 Å². The Hall–Kier alpha value is -5.28. The zero-order chi connectivity index (χ0) is 56.8. The summed E-state index contributed by atoms with van der Waals surface area (Å²) in [5.41, 5.74) is 10.5. The van der Waals surface area contributed by atoms with Crippen molar-refractivity contribution < 1.29 is 62.6 Å². The standard InChI is InChI=1S/C56H79N9O13S2/c1-35-49(79-34-61-35)37-7-5-36(6-8-37)29-58-52(71)42-28-40(66)30-65(42)55(72)50(56(2,3)4)62-45(68)31-76-25-23-74-21-19-73-20-22-75-24-26-77-32-46(69)64-17-15-63(16-18-64)39-10-12-41(13-11-39)78-53-48-47-38(27-43(67)51(57)70)9-14-44(47)80-54(48)60-33-59-53/h5-8,33-34,38-43,50,66-67H,9-32H2,1-4H3,(H2,57,70)(H,58,71)(H,62,68)/t38-,39?,40-,41?,42+,43+,50-/m1/s1. The lowest BCUT2D eigenvalue weighted by Gasteiger charge is -2.41. The molecule has 0 spiro atoms. The van der Waals surface area contributed by atoms with Gasteiger partial charge in [0.2, 0.25) is 35.4 Å². The highest BCUT2D eigenvalue weighted by atomic mass is 32.1. The van der Waals surface area contributed by atoms with Crippen molar-refractivity contribution in [1.82, 2.24) is 40.3 Å². The van der Waals surface area contributed by atoms with Crippen LogP contribution in [0.15, 0.2) is 36.1 Å². The van der Waals surface area contributed by atoms with Gasteiger partial charge in [-0.2, -0.15) is 0 Å². The number of nitrogens with one attached hydrogen (secondary N) is 2. The number of nitrogens with two attached hydrogens (primary N) is 1. The van der Waals surface area contributed by atoms with E-state index in [9.17, 15) is 34.2 Å². The Kier molecular flexibility index (Phi) is 22.1. The Morgan fingerprint density at radius 1 is 0.838 bits per heavy atom. The van der Waals surface area contributed by atoms with E-state index >= 15 is 0 Å². The molecule has 24 heteroatoms. The Bertz CT molecular complexity index is 2690. The molecule has 0 unspecified atom stereocenters. The second-order valence-corrected chi connectivity index (χ2v) is 24.0. The fourth-order valence-corrected chi connectivity index (χ4v) is 13.0. The van der Waals surface area contributed by atoms with E-state index in [0.29, 0.717) is 58.0 Å². The first kappa shape index (κ1) is 60.8. The number of aromatic nitrogens is 3. The number of benzene rings is 1. The molecule has 5 atom stereocenters. The van der Waals surface area contributed by atoms with Crippen LogP contribution in [0.5, 0.6) is 5.88 Å². The molecule has 3 aromatic heterocycles. The molecule has 6 N–H and O–H groups in total. The average molecular weight is 1150 g/mol. The zero-order valence-corrected chi connectivity index (χ0v) is 48.1. The maximum absolute atomic E-state index is 13.9. The average Bonchev–Trinajstić information content (AvgIpc) is 4.35. The largest absolute Gasteiger partial charge is 0.474 e. The van der Waals surface area contributed by atoms with E-state index in [2.05, 4.69) is 30.5 Å². The highest BCUT2D eigenvalue weighted by Crippen LogP contribution is 2.48. The Labute approximate surface area is 475 Å². The fourth-order valence-electron chi connectivity index (χ4n) is 10.9. The summed E-state index contributed by atoms with van der Waals surface area (Å²) in [6, 6.07) is 6.40. The van der Waals surface area contributed by atoms with E-state index in [1.807, 2.05) is 62.4 Å². The predicted octanol–water partition coefficient (Wildman–Crippen LogP) is 3.12. The molecule has 2 saturated heterocycles. The summed E-state index contributed by atoms with van der Waals surface area (Å²) in [4.78, 5) is 87.2. The number of likely N-dealkylation sites (tertiary alicyclic amines) is 1. The smallest absolute Gasteiger partial charge is 0.248 e. The van der Waals surface area contributed by atoms with Crippen LogP contribution in [-0.4, -0.2) is 205 Å². The van der Waals surface area contributed by atoms with E-state index in [4.69, 9.17) is 34.2 Å². The van der Waals surface area contributed by atoms with Crippen molar-refractivity contribution >= 4 is 62.4 Å². The van der Waals surface area contributed by atoms with Gasteiger partial charge in [-0.3, -0.25) is 28.9 Å². The quantitative estimate of drug-likeness (QED) is 0.0511. The van der Waals surface area contributed by atoms with E-state index in [1.165, 1.54) is 9.78 Å². The van der Waals surface area contributed by atoms with Crippen LogP contribution in [0.1, 0.15) is 93.3 Å². The number of β-amino-alcohol motifs (C(OH)–C–C–N with tert-alkyl or cyclic N) is 1. The van der Waals surface area contributed by atoms with E-state index in [0.717, 1.165) is 89.1 Å². The number of nitrogens with zero attached hydrogens (tertiary/aromatic N) is 6. The maximum Gasteiger partial charge on any atom is 0.248 e.